The number of halogens is 5. The van der Waals surface area contributed by atoms with E-state index in [4.69, 9.17) is 17.3 Å². The Morgan fingerprint density at radius 2 is 2.10 bits per heavy atom. The van der Waals surface area contributed by atoms with E-state index in [1.807, 2.05) is 0 Å². The molecular weight excluding hydrogens is 320 g/mol. The molecule has 1 amide bonds. The smallest absolute Gasteiger partial charge is 0.422 e. The van der Waals surface area contributed by atoms with Crippen LogP contribution in [0.2, 0.25) is 5.02 Å². The van der Waals surface area contributed by atoms with E-state index in [9.17, 15) is 18.0 Å². The van der Waals surface area contributed by atoms with E-state index in [0.29, 0.717) is 0 Å². The summed E-state index contributed by atoms with van der Waals surface area (Å²) in [5.74, 6) is -0.710. The third-order valence-corrected chi connectivity index (χ3v) is 2.24. The number of anilines is 1. The predicted molar refractivity (Wildman–Crippen MR) is 72.5 cm³/mol. The van der Waals surface area contributed by atoms with Crippen LogP contribution in [0, 0.1) is 0 Å². The summed E-state index contributed by atoms with van der Waals surface area (Å²) in [6.07, 6.45) is -4.48. The highest BCUT2D eigenvalue weighted by Crippen LogP contribution is 2.29. The summed E-state index contributed by atoms with van der Waals surface area (Å²) >= 11 is 5.67. The average Bonchev–Trinajstić information content (AvgIpc) is 2.28. The normalized spacial score (nSPS) is 12.3. The third kappa shape index (κ3) is 6.31. The first-order valence-corrected chi connectivity index (χ1v) is 5.62. The van der Waals surface area contributed by atoms with Gasteiger partial charge < -0.3 is 15.8 Å². The fourth-order valence-corrected chi connectivity index (χ4v) is 1.29. The molecule has 0 aromatic heterocycles. The molecule has 0 spiro atoms. The fourth-order valence-electron chi connectivity index (χ4n) is 1.13. The van der Waals surface area contributed by atoms with E-state index >= 15 is 0 Å². The molecule has 4 nitrogen and oxygen atoms in total. The number of carbonyl (C=O) groups excluding carboxylic acids is 1. The number of rotatable bonds is 4. The average molecular weight is 333 g/mol. The van der Waals surface area contributed by atoms with Gasteiger partial charge >= 0.3 is 6.18 Å². The maximum Gasteiger partial charge on any atom is 0.422 e. The lowest BCUT2D eigenvalue weighted by atomic mass is 10.2. The summed E-state index contributed by atoms with van der Waals surface area (Å²) in [5.41, 5.74) is 5.43. The van der Waals surface area contributed by atoms with E-state index in [-0.39, 0.29) is 28.9 Å². The number of nitrogens with two attached hydrogens (primary N) is 1. The van der Waals surface area contributed by atoms with Crippen molar-refractivity contribution in [2.45, 2.75) is 19.1 Å². The van der Waals surface area contributed by atoms with E-state index in [2.05, 4.69) is 10.1 Å². The minimum absolute atomic E-state index is 0. The third-order valence-electron chi connectivity index (χ3n) is 2.01. The quantitative estimate of drug-likeness (QED) is 0.890. The lowest BCUT2D eigenvalue weighted by molar-refractivity contribution is -0.153. The topological polar surface area (TPSA) is 64.4 Å². The number of hydrogen-bond donors (Lipinski definition) is 2. The molecular formula is C11H13Cl2F3N2O2. The van der Waals surface area contributed by atoms with Gasteiger partial charge in [0.2, 0.25) is 5.91 Å². The first-order valence-electron chi connectivity index (χ1n) is 5.24. The second-order valence-corrected chi connectivity index (χ2v) is 4.26. The van der Waals surface area contributed by atoms with Gasteiger partial charge in [-0.2, -0.15) is 13.2 Å². The Hall–Kier alpha value is -1.18. The van der Waals surface area contributed by atoms with E-state index in [1.54, 1.807) is 0 Å². The number of amides is 1. The van der Waals surface area contributed by atoms with Gasteiger partial charge in [-0.1, -0.05) is 11.6 Å². The number of ether oxygens (including phenoxy) is 1. The van der Waals surface area contributed by atoms with Crippen LogP contribution >= 0.6 is 24.0 Å². The van der Waals surface area contributed by atoms with Crippen LogP contribution in [-0.2, 0) is 4.79 Å². The van der Waals surface area contributed by atoms with Crippen LogP contribution in [-0.4, -0.2) is 24.7 Å². The molecule has 0 saturated heterocycles. The van der Waals surface area contributed by atoms with Gasteiger partial charge in [0.15, 0.2) is 6.61 Å². The van der Waals surface area contributed by atoms with Crippen molar-refractivity contribution in [2.24, 2.45) is 5.73 Å². The fraction of sp³-hybridized carbons (Fsp3) is 0.364. The number of alkyl halides is 3. The molecule has 0 aliphatic heterocycles. The molecule has 0 saturated carbocycles. The zero-order valence-corrected chi connectivity index (χ0v) is 11.9. The number of hydrogen-bond acceptors (Lipinski definition) is 3. The SMILES string of the molecule is C[C@H](N)C(=O)Nc1ccc(Cl)cc1OCC(F)(F)F.Cl. The van der Waals surface area contributed by atoms with Gasteiger partial charge in [-0.05, 0) is 19.1 Å². The summed E-state index contributed by atoms with van der Waals surface area (Å²) in [6, 6.07) is 3.14. The van der Waals surface area contributed by atoms with Gasteiger partial charge in [0.05, 0.1) is 11.7 Å². The van der Waals surface area contributed by atoms with E-state index in [0.717, 1.165) is 0 Å². The summed E-state index contributed by atoms with van der Waals surface area (Å²) < 4.78 is 40.9. The van der Waals surface area contributed by atoms with Gasteiger partial charge in [0, 0.05) is 11.1 Å². The molecule has 0 unspecified atom stereocenters. The van der Waals surface area contributed by atoms with Crippen molar-refractivity contribution in [3.63, 3.8) is 0 Å². The van der Waals surface area contributed by atoms with Crippen LogP contribution in [0.15, 0.2) is 18.2 Å². The minimum atomic E-state index is -4.48. The highest BCUT2D eigenvalue weighted by atomic mass is 35.5. The Morgan fingerprint density at radius 3 is 2.60 bits per heavy atom. The second-order valence-electron chi connectivity index (χ2n) is 3.82. The minimum Gasteiger partial charge on any atom is -0.482 e. The van der Waals surface area contributed by atoms with Crippen molar-refractivity contribution < 1.29 is 22.7 Å². The van der Waals surface area contributed by atoms with Gasteiger partial charge in [0.25, 0.3) is 0 Å². The Morgan fingerprint density at radius 1 is 1.50 bits per heavy atom. The van der Waals surface area contributed by atoms with Crippen LogP contribution in [0.1, 0.15) is 6.92 Å². The Balaban J connectivity index is 0.00000361. The molecule has 20 heavy (non-hydrogen) atoms. The summed E-state index contributed by atoms with van der Waals surface area (Å²) in [4.78, 5) is 11.4. The first kappa shape index (κ1) is 18.8. The zero-order chi connectivity index (χ0) is 14.6. The Labute approximate surface area is 124 Å². The maximum atomic E-state index is 12.1. The molecule has 3 N–H and O–H groups in total. The van der Waals surface area contributed by atoms with Gasteiger partial charge in [-0.25, -0.2) is 0 Å². The molecule has 114 valence electrons. The molecule has 1 atom stereocenters. The lowest BCUT2D eigenvalue weighted by Crippen LogP contribution is -2.32. The molecule has 0 aliphatic rings. The standard InChI is InChI=1S/C11H12ClF3N2O2.ClH/c1-6(16)10(18)17-8-3-2-7(12)4-9(8)19-5-11(13,14)15;/h2-4,6H,5,16H2,1H3,(H,17,18);1H/t6-;/m0./s1. The molecule has 0 radical (unpaired) electrons. The molecule has 0 aliphatic carbocycles. The molecule has 0 fully saturated rings. The summed E-state index contributed by atoms with van der Waals surface area (Å²) in [6.45, 7) is -0.0319. The molecule has 1 rings (SSSR count). The van der Waals surface area contributed by atoms with Crippen molar-refractivity contribution in [3.05, 3.63) is 23.2 Å². The van der Waals surface area contributed by atoms with Crippen molar-refractivity contribution in [1.29, 1.82) is 0 Å². The van der Waals surface area contributed by atoms with Crippen LogP contribution in [0.5, 0.6) is 5.75 Å². The monoisotopic (exact) mass is 332 g/mol. The van der Waals surface area contributed by atoms with Crippen LogP contribution in [0.4, 0.5) is 18.9 Å². The Bertz CT molecular complexity index is 467. The summed E-state index contributed by atoms with van der Waals surface area (Å²) in [7, 11) is 0. The zero-order valence-electron chi connectivity index (χ0n) is 10.3. The maximum absolute atomic E-state index is 12.1. The van der Waals surface area contributed by atoms with E-state index in [1.165, 1.54) is 25.1 Å². The highest BCUT2D eigenvalue weighted by Gasteiger charge is 2.29. The van der Waals surface area contributed by atoms with Crippen molar-refractivity contribution in [3.8, 4) is 5.75 Å². The summed E-state index contributed by atoms with van der Waals surface area (Å²) in [5, 5.41) is 2.55. The largest absolute Gasteiger partial charge is 0.482 e. The second kappa shape index (κ2) is 7.56. The predicted octanol–water partition coefficient (Wildman–Crippen LogP) is 2.99. The number of benzene rings is 1. The lowest BCUT2D eigenvalue weighted by Gasteiger charge is -2.15. The van der Waals surface area contributed by atoms with Crippen LogP contribution in [0.3, 0.4) is 0 Å². The van der Waals surface area contributed by atoms with Gasteiger partial charge in [0.1, 0.15) is 5.75 Å². The van der Waals surface area contributed by atoms with Crippen molar-refractivity contribution in [1.82, 2.24) is 0 Å². The molecule has 1 aromatic rings. The number of nitrogens with one attached hydrogen (secondary N) is 1. The van der Waals surface area contributed by atoms with Crippen LogP contribution in [0.25, 0.3) is 0 Å². The molecule has 1 aromatic carbocycles. The molecule has 0 heterocycles. The highest BCUT2D eigenvalue weighted by molar-refractivity contribution is 6.30. The first-order chi connectivity index (χ1) is 8.69. The van der Waals surface area contributed by atoms with Gasteiger partial charge in [-0.15, -0.1) is 12.4 Å². The van der Waals surface area contributed by atoms with E-state index < -0.39 is 24.7 Å². The molecule has 0 bridgehead atoms. The van der Waals surface area contributed by atoms with Gasteiger partial charge in [-0.3, -0.25) is 4.79 Å². The molecule has 9 heteroatoms. The number of carbonyl (C=O) groups is 1. The van der Waals surface area contributed by atoms with Crippen molar-refractivity contribution >= 4 is 35.6 Å². The Kier molecular flexibility index (Phi) is 7.12. The van der Waals surface area contributed by atoms with Crippen molar-refractivity contribution in [2.75, 3.05) is 11.9 Å². The van der Waals surface area contributed by atoms with Crippen LogP contribution < -0.4 is 15.8 Å².